The van der Waals surface area contributed by atoms with Crippen molar-refractivity contribution >= 4 is 16.7 Å². The lowest BCUT2D eigenvalue weighted by Gasteiger charge is -2.09. The summed E-state index contributed by atoms with van der Waals surface area (Å²) in [6.45, 7) is 2.54. The Bertz CT molecular complexity index is 926. The maximum Gasteiger partial charge on any atom is 0.256 e. The van der Waals surface area contributed by atoms with Gasteiger partial charge in [0.15, 0.2) is 0 Å². The molecule has 0 saturated carbocycles. The van der Waals surface area contributed by atoms with Crippen molar-refractivity contribution in [2.75, 3.05) is 6.54 Å². The highest BCUT2D eigenvalue weighted by Crippen LogP contribution is 2.18. The van der Waals surface area contributed by atoms with Gasteiger partial charge in [-0.2, -0.15) is 0 Å². The summed E-state index contributed by atoms with van der Waals surface area (Å²) >= 11 is 0. The molecule has 1 aromatic heterocycles. The highest BCUT2D eigenvalue weighted by Gasteiger charge is 2.07. The van der Waals surface area contributed by atoms with Crippen LogP contribution in [0.15, 0.2) is 59.8 Å². The van der Waals surface area contributed by atoms with Gasteiger partial charge >= 0.3 is 0 Å². The van der Waals surface area contributed by atoms with E-state index in [1.54, 1.807) is 6.92 Å². The van der Waals surface area contributed by atoms with Gasteiger partial charge in [0.1, 0.15) is 0 Å². The second-order valence-corrected chi connectivity index (χ2v) is 5.74. The number of nitrogens with zero attached hydrogens (tertiary/aromatic N) is 2. The summed E-state index contributed by atoms with van der Waals surface area (Å²) in [6.07, 6.45) is 3.35. The summed E-state index contributed by atoms with van der Waals surface area (Å²) in [6, 6.07) is 14.0. The Morgan fingerprint density at radius 1 is 1.17 bits per heavy atom. The Hall–Kier alpha value is -2.95. The molecule has 0 aliphatic rings. The van der Waals surface area contributed by atoms with Gasteiger partial charge in [-0.15, -0.1) is 0 Å². The molecule has 0 saturated heterocycles. The summed E-state index contributed by atoms with van der Waals surface area (Å²) in [4.78, 5) is 28.1. The molecule has 5 heteroatoms. The van der Waals surface area contributed by atoms with Gasteiger partial charge < -0.3 is 5.32 Å². The molecule has 24 heavy (non-hydrogen) atoms. The average Bonchev–Trinajstić information content (AvgIpc) is 2.59. The number of hydrogen-bond donors (Lipinski definition) is 1. The number of nitrogens with one attached hydrogen (secondary N) is 1. The van der Waals surface area contributed by atoms with Crippen LogP contribution in [0.3, 0.4) is 0 Å². The normalized spacial score (nSPS) is 10.7. The van der Waals surface area contributed by atoms with E-state index in [9.17, 15) is 9.59 Å². The van der Waals surface area contributed by atoms with Gasteiger partial charge in [-0.1, -0.05) is 42.5 Å². The zero-order chi connectivity index (χ0) is 16.9. The highest BCUT2D eigenvalue weighted by molar-refractivity contribution is 5.90. The zero-order valence-electron chi connectivity index (χ0n) is 13.5. The third kappa shape index (κ3) is 3.51. The Morgan fingerprint density at radius 3 is 2.83 bits per heavy atom. The fraction of sp³-hybridized carbons (Fsp3) is 0.211. The smallest absolute Gasteiger partial charge is 0.256 e. The molecule has 0 unspecified atom stereocenters. The van der Waals surface area contributed by atoms with Gasteiger partial charge in [0, 0.05) is 24.8 Å². The lowest BCUT2D eigenvalue weighted by molar-refractivity contribution is -0.120. The van der Waals surface area contributed by atoms with Gasteiger partial charge in [-0.3, -0.25) is 14.2 Å². The fourth-order valence-corrected chi connectivity index (χ4v) is 2.72. The SMILES string of the molecule is Cc1cncn(CCNC(=O)Cc2cccc3ccccc23)c1=O. The van der Waals surface area contributed by atoms with Crippen LogP contribution in [-0.2, 0) is 17.8 Å². The molecule has 0 spiro atoms. The molecule has 1 N–H and O–H groups in total. The number of hydrogen-bond acceptors (Lipinski definition) is 3. The lowest BCUT2D eigenvalue weighted by Crippen LogP contribution is -2.32. The first-order chi connectivity index (χ1) is 11.6. The molecule has 3 aromatic rings. The minimum absolute atomic E-state index is 0.0555. The van der Waals surface area contributed by atoms with Crippen molar-refractivity contribution in [3.05, 3.63) is 76.5 Å². The second kappa shape index (κ2) is 7.08. The lowest BCUT2D eigenvalue weighted by atomic mass is 10.0. The maximum atomic E-state index is 12.2. The largest absolute Gasteiger partial charge is 0.354 e. The summed E-state index contributed by atoms with van der Waals surface area (Å²) in [7, 11) is 0. The van der Waals surface area contributed by atoms with Gasteiger partial charge in [0.25, 0.3) is 5.56 Å². The second-order valence-electron chi connectivity index (χ2n) is 5.74. The zero-order valence-corrected chi connectivity index (χ0v) is 13.5. The van der Waals surface area contributed by atoms with E-state index in [0.29, 0.717) is 25.1 Å². The molecule has 2 aromatic carbocycles. The van der Waals surface area contributed by atoms with E-state index < -0.39 is 0 Å². The standard InChI is InChI=1S/C19H19N3O2/c1-14-12-20-13-22(19(14)24)10-9-21-18(23)11-16-7-4-6-15-5-2-3-8-17(15)16/h2-8,12-13H,9-11H2,1H3,(H,21,23). The third-order valence-corrected chi connectivity index (χ3v) is 3.98. The molecule has 122 valence electrons. The number of fused-ring (bicyclic) bond motifs is 1. The average molecular weight is 321 g/mol. The van der Waals surface area contributed by atoms with E-state index in [1.807, 2.05) is 42.5 Å². The molecule has 0 atom stereocenters. The first-order valence-electron chi connectivity index (χ1n) is 7.89. The predicted octanol–water partition coefficient (Wildman–Crippen LogP) is 2.06. The third-order valence-electron chi connectivity index (χ3n) is 3.98. The molecular formula is C19H19N3O2. The number of carbonyl (C=O) groups excluding carboxylic acids is 1. The van der Waals surface area contributed by atoms with Crippen molar-refractivity contribution in [3.8, 4) is 0 Å². The van der Waals surface area contributed by atoms with Crippen LogP contribution >= 0.6 is 0 Å². The Kier molecular flexibility index (Phi) is 4.70. The highest BCUT2D eigenvalue weighted by atomic mass is 16.1. The molecule has 3 rings (SSSR count). The first-order valence-corrected chi connectivity index (χ1v) is 7.89. The van der Waals surface area contributed by atoms with E-state index in [4.69, 9.17) is 0 Å². The summed E-state index contributed by atoms with van der Waals surface area (Å²) in [5, 5.41) is 5.08. The van der Waals surface area contributed by atoms with Crippen molar-refractivity contribution < 1.29 is 4.79 Å². The van der Waals surface area contributed by atoms with Gasteiger partial charge in [-0.25, -0.2) is 4.98 Å². The van der Waals surface area contributed by atoms with E-state index in [2.05, 4.69) is 10.3 Å². The number of amides is 1. The minimum Gasteiger partial charge on any atom is -0.354 e. The summed E-state index contributed by atoms with van der Waals surface area (Å²) in [5.74, 6) is -0.0555. The Balaban J connectivity index is 1.61. The number of benzene rings is 2. The molecule has 0 bridgehead atoms. The van der Waals surface area contributed by atoms with Gasteiger partial charge in [-0.05, 0) is 23.3 Å². The van der Waals surface area contributed by atoms with Crippen LogP contribution in [0.25, 0.3) is 10.8 Å². The predicted molar refractivity (Wildman–Crippen MR) is 93.9 cm³/mol. The molecule has 0 aliphatic carbocycles. The quantitative estimate of drug-likeness (QED) is 0.782. The molecule has 5 nitrogen and oxygen atoms in total. The van der Waals surface area contributed by atoms with Crippen LogP contribution in [0.4, 0.5) is 0 Å². The fourth-order valence-electron chi connectivity index (χ4n) is 2.72. The number of aromatic nitrogens is 2. The number of carbonyl (C=O) groups is 1. The minimum atomic E-state index is -0.0756. The van der Waals surface area contributed by atoms with E-state index >= 15 is 0 Å². The molecule has 1 heterocycles. The van der Waals surface area contributed by atoms with Crippen molar-refractivity contribution in [2.24, 2.45) is 0 Å². The van der Waals surface area contributed by atoms with E-state index in [-0.39, 0.29) is 11.5 Å². The monoisotopic (exact) mass is 321 g/mol. The summed E-state index contributed by atoms with van der Waals surface area (Å²) in [5.41, 5.74) is 1.52. The number of aryl methyl sites for hydroxylation is 1. The van der Waals surface area contributed by atoms with Crippen molar-refractivity contribution in [1.29, 1.82) is 0 Å². The van der Waals surface area contributed by atoms with Crippen LogP contribution in [0, 0.1) is 6.92 Å². The molecule has 0 fully saturated rings. The van der Waals surface area contributed by atoms with Crippen LogP contribution in [0.2, 0.25) is 0 Å². The van der Waals surface area contributed by atoms with E-state index in [1.165, 1.54) is 17.1 Å². The van der Waals surface area contributed by atoms with E-state index in [0.717, 1.165) is 16.3 Å². The van der Waals surface area contributed by atoms with Gasteiger partial charge in [0.2, 0.25) is 5.91 Å². The first kappa shape index (κ1) is 15.9. The maximum absolute atomic E-state index is 12.2. The topological polar surface area (TPSA) is 64.0 Å². The Labute approximate surface area is 140 Å². The van der Waals surface area contributed by atoms with Crippen LogP contribution in [0.5, 0.6) is 0 Å². The Morgan fingerprint density at radius 2 is 1.96 bits per heavy atom. The van der Waals surface area contributed by atoms with Crippen LogP contribution < -0.4 is 10.9 Å². The molecule has 0 aliphatic heterocycles. The molecular weight excluding hydrogens is 302 g/mol. The number of rotatable bonds is 5. The van der Waals surface area contributed by atoms with Crippen LogP contribution in [0.1, 0.15) is 11.1 Å². The molecule has 0 radical (unpaired) electrons. The van der Waals surface area contributed by atoms with Crippen molar-refractivity contribution in [3.63, 3.8) is 0 Å². The van der Waals surface area contributed by atoms with Crippen molar-refractivity contribution in [2.45, 2.75) is 19.9 Å². The van der Waals surface area contributed by atoms with Crippen molar-refractivity contribution in [1.82, 2.24) is 14.9 Å². The van der Waals surface area contributed by atoms with Gasteiger partial charge in [0.05, 0.1) is 12.7 Å². The van der Waals surface area contributed by atoms with Crippen LogP contribution in [-0.4, -0.2) is 22.0 Å². The molecule has 1 amide bonds. The summed E-state index contributed by atoms with van der Waals surface area (Å²) < 4.78 is 1.51.